The van der Waals surface area contributed by atoms with E-state index in [1.54, 1.807) is 0 Å². The predicted molar refractivity (Wildman–Crippen MR) is 40.4 cm³/mol. The van der Waals surface area contributed by atoms with Crippen molar-refractivity contribution in [2.24, 2.45) is 11.3 Å². The molecule has 1 heteroatoms. The van der Waals surface area contributed by atoms with Crippen LogP contribution in [-0.4, -0.2) is 0 Å². The normalized spacial score (nSPS) is 28.6. The summed E-state index contributed by atoms with van der Waals surface area (Å²) in [5, 5.41) is 0. The molecule has 0 aromatic heterocycles. The zero-order valence-electron chi connectivity index (χ0n) is 5.82. The molecule has 1 fully saturated rings. The van der Waals surface area contributed by atoms with Gasteiger partial charge in [0.1, 0.15) is 0 Å². The lowest BCUT2D eigenvalue weighted by Gasteiger charge is -1.93. The van der Waals surface area contributed by atoms with Gasteiger partial charge >= 0.3 is 0 Å². The Balaban J connectivity index is 2.44. The van der Waals surface area contributed by atoms with Gasteiger partial charge in [0, 0.05) is 5.54 Å². The van der Waals surface area contributed by atoms with E-state index < -0.39 is 0 Å². The van der Waals surface area contributed by atoms with Crippen molar-refractivity contribution in [3.8, 4) is 0 Å². The molecule has 1 atom stereocenters. The van der Waals surface area contributed by atoms with Crippen LogP contribution in [-0.2, 0) is 0 Å². The topological polar surface area (TPSA) is 0 Å². The molecule has 0 bridgehead atoms. The van der Waals surface area contributed by atoms with E-state index in [0.29, 0.717) is 11.3 Å². The molecule has 0 saturated heterocycles. The van der Waals surface area contributed by atoms with Crippen LogP contribution >= 0.6 is 11.6 Å². The third-order valence-electron chi connectivity index (χ3n) is 1.95. The van der Waals surface area contributed by atoms with Gasteiger partial charge in [-0.2, -0.15) is 0 Å². The van der Waals surface area contributed by atoms with Gasteiger partial charge in [0.2, 0.25) is 0 Å². The lowest BCUT2D eigenvalue weighted by atomic mass is 10.1. The Hall–Kier alpha value is -0.190. The van der Waals surface area contributed by atoms with Crippen LogP contribution in [0, 0.1) is 11.3 Å². The molecule has 1 rings (SSSR count). The molecule has 0 aromatic carbocycles. The summed E-state index contributed by atoms with van der Waals surface area (Å²) in [7, 11) is 0. The molecule has 9 heavy (non-hydrogen) atoms. The fraction of sp³-hybridized carbons (Fsp3) is 0.625. The predicted octanol–water partition coefficient (Wildman–Crippen LogP) is 2.94. The van der Waals surface area contributed by atoms with Crippen LogP contribution in [0.2, 0.25) is 0 Å². The third-order valence-corrected chi connectivity index (χ3v) is 2.08. The van der Waals surface area contributed by atoms with Gasteiger partial charge in [0.15, 0.2) is 0 Å². The molecule has 0 amide bonds. The lowest BCUT2D eigenvalue weighted by Crippen LogP contribution is -1.84. The maximum Gasteiger partial charge on any atom is 0.0459 e. The van der Waals surface area contributed by atoms with Crippen LogP contribution in [0.3, 0.4) is 0 Å². The van der Waals surface area contributed by atoms with Crippen LogP contribution in [0.4, 0.5) is 0 Å². The van der Waals surface area contributed by atoms with Gasteiger partial charge in [0.25, 0.3) is 0 Å². The number of rotatable bonds is 1. The molecule has 0 spiro atoms. The SMILES string of the molecule is CC1(C)CC1C=C=CCl. The Labute approximate surface area is 61.2 Å². The fourth-order valence-corrected chi connectivity index (χ4v) is 1.02. The van der Waals surface area contributed by atoms with Crippen molar-refractivity contribution in [2.75, 3.05) is 0 Å². The van der Waals surface area contributed by atoms with Crippen LogP contribution in [0.5, 0.6) is 0 Å². The maximum absolute atomic E-state index is 5.30. The van der Waals surface area contributed by atoms with Crippen molar-refractivity contribution >= 4 is 11.6 Å². The molecular weight excluding hydrogens is 132 g/mol. The molecule has 0 heterocycles. The Morgan fingerprint density at radius 3 is 2.56 bits per heavy atom. The molecule has 1 saturated carbocycles. The van der Waals surface area contributed by atoms with Gasteiger partial charge in [-0.25, -0.2) is 0 Å². The van der Waals surface area contributed by atoms with Gasteiger partial charge in [-0.15, -0.1) is 5.73 Å². The molecule has 1 aliphatic rings. The second-order valence-electron chi connectivity index (χ2n) is 3.24. The molecule has 1 unspecified atom stereocenters. The van der Waals surface area contributed by atoms with E-state index in [9.17, 15) is 0 Å². The van der Waals surface area contributed by atoms with Crippen molar-refractivity contribution in [3.63, 3.8) is 0 Å². The van der Waals surface area contributed by atoms with Gasteiger partial charge in [0.05, 0.1) is 0 Å². The minimum atomic E-state index is 0.521. The zero-order valence-corrected chi connectivity index (χ0v) is 6.57. The van der Waals surface area contributed by atoms with Gasteiger partial charge in [-0.1, -0.05) is 25.4 Å². The van der Waals surface area contributed by atoms with Crippen LogP contribution in [0.25, 0.3) is 0 Å². The second kappa shape index (κ2) is 2.21. The van der Waals surface area contributed by atoms with Crippen molar-refractivity contribution in [1.29, 1.82) is 0 Å². The molecular formula is C8H11Cl. The van der Waals surface area contributed by atoms with E-state index in [-0.39, 0.29) is 0 Å². The van der Waals surface area contributed by atoms with Crippen LogP contribution in [0.1, 0.15) is 20.3 Å². The number of hydrogen-bond acceptors (Lipinski definition) is 0. The summed E-state index contributed by atoms with van der Waals surface area (Å²) in [5.41, 5.74) is 4.84. The van der Waals surface area contributed by atoms with E-state index in [2.05, 4.69) is 19.6 Å². The lowest BCUT2D eigenvalue weighted by molar-refractivity contribution is 0.610. The largest absolute Gasteiger partial charge is 0.113 e. The van der Waals surface area contributed by atoms with Crippen LogP contribution in [0.15, 0.2) is 17.3 Å². The first-order chi connectivity index (χ1) is 4.17. The van der Waals surface area contributed by atoms with Gasteiger partial charge in [-0.3, -0.25) is 0 Å². The van der Waals surface area contributed by atoms with E-state index in [1.807, 2.05) is 6.08 Å². The smallest absolute Gasteiger partial charge is 0.0459 e. The molecule has 0 N–H and O–H groups in total. The quantitative estimate of drug-likeness (QED) is 0.494. The summed E-state index contributed by atoms with van der Waals surface area (Å²) in [6, 6.07) is 0. The van der Waals surface area contributed by atoms with Crippen LogP contribution < -0.4 is 0 Å². The Bertz CT molecular complexity index is 161. The number of halogens is 1. The van der Waals surface area contributed by atoms with E-state index >= 15 is 0 Å². The maximum atomic E-state index is 5.30. The monoisotopic (exact) mass is 142 g/mol. The second-order valence-corrected chi connectivity index (χ2v) is 3.46. The van der Waals surface area contributed by atoms with E-state index in [0.717, 1.165) is 0 Å². The summed E-state index contributed by atoms with van der Waals surface area (Å²) >= 11 is 5.30. The van der Waals surface area contributed by atoms with E-state index in [1.165, 1.54) is 12.0 Å². The Morgan fingerprint density at radius 1 is 1.67 bits per heavy atom. The first kappa shape index (κ1) is 6.92. The summed E-state index contributed by atoms with van der Waals surface area (Å²) < 4.78 is 0. The highest BCUT2D eigenvalue weighted by atomic mass is 35.5. The number of hydrogen-bond donors (Lipinski definition) is 0. The molecule has 0 radical (unpaired) electrons. The minimum absolute atomic E-state index is 0.521. The minimum Gasteiger partial charge on any atom is -0.113 e. The first-order valence-electron chi connectivity index (χ1n) is 3.18. The standard InChI is InChI=1S/C8H11Cl/c1-8(2)6-7(8)4-3-5-9/h4-5,7H,6H2,1-2H3. The highest BCUT2D eigenvalue weighted by Gasteiger charge is 2.43. The third kappa shape index (κ3) is 1.61. The van der Waals surface area contributed by atoms with E-state index in [4.69, 9.17) is 11.6 Å². The van der Waals surface area contributed by atoms with Gasteiger partial charge in [-0.05, 0) is 23.8 Å². The fourth-order valence-electron chi connectivity index (χ4n) is 0.945. The Morgan fingerprint density at radius 2 is 2.22 bits per heavy atom. The highest BCUT2D eigenvalue weighted by Crippen LogP contribution is 2.52. The average Bonchev–Trinajstić information content (AvgIpc) is 2.35. The van der Waals surface area contributed by atoms with Crippen molar-refractivity contribution in [1.82, 2.24) is 0 Å². The average molecular weight is 143 g/mol. The summed E-state index contributed by atoms with van der Waals surface area (Å²) in [6.45, 7) is 4.51. The molecule has 0 aromatic rings. The molecule has 50 valence electrons. The molecule has 0 nitrogen and oxygen atoms in total. The molecule has 0 aliphatic heterocycles. The van der Waals surface area contributed by atoms with Crippen molar-refractivity contribution < 1.29 is 0 Å². The van der Waals surface area contributed by atoms with Crippen molar-refractivity contribution in [3.05, 3.63) is 17.3 Å². The Kier molecular flexibility index (Phi) is 1.70. The van der Waals surface area contributed by atoms with Crippen molar-refractivity contribution in [2.45, 2.75) is 20.3 Å². The zero-order chi connectivity index (χ0) is 6.91. The molecule has 1 aliphatic carbocycles. The summed E-state index contributed by atoms with van der Waals surface area (Å²) in [5.74, 6) is 0.715. The highest BCUT2D eigenvalue weighted by molar-refractivity contribution is 6.25. The van der Waals surface area contributed by atoms with Gasteiger partial charge < -0.3 is 0 Å². The summed E-state index contributed by atoms with van der Waals surface area (Å²) in [4.78, 5) is 0. The summed E-state index contributed by atoms with van der Waals surface area (Å²) in [6.07, 6.45) is 3.33. The number of allylic oxidation sites excluding steroid dienone is 1. The first-order valence-corrected chi connectivity index (χ1v) is 3.62.